The summed E-state index contributed by atoms with van der Waals surface area (Å²) in [7, 11) is 0. The molecule has 2 heterocycles. The van der Waals surface area contributed by atoms with Crippen molar-refractivity contribution in [3.63, 3.8) is 0 Å². The van der Waals surface area contributed by atoms with E-state index in [0.717, 1.165) is 0 Å². The first-order valence-corrected chi connectivity index (χ1v) is 8.08. The minimum atomic E-state index is -1.02. The molecule has 0 saturated heterocycles. The van der Waals surface area contributed by atoms with Gasteiger partial charge in [0.1, 0.15) is 24.2 Å². The summed E-state index contributed by atoms with van der Waals surface area (Å²) in [6.45, 7) is -0.123. The average Bonchev–Trinajstić information content (AvgIpc) is 3.03. The van der Waals surface area contributed by atoms with Gasteiger partial charge in [-0.3, -0.25) is 4.79 Å². The van der Waals surface area contributed by atoms with Crippen molar-refractivity contribution in [2.75, 3.05) is 18.1 Å². The van der Waals surface area contributed by atoms with Crippen LogP contribution in [0.4, 0.5) is 5.82 Å². The van der Waals surface area contributed by atoms with Crippen LogP contribution in [0.25, 0.3) is 11.2 Å². The summed E-state index contributed by atoms with van der Waals surface area (Å²) in [5.74, 6) is -0.290. The number of aromatic amines is 1. The van der Waals surface area contributed by atoms with E-state index >= 15 is 0 Å². The van der Waals surface area contributed by atoms with Crippen LogP contribution in [0, 0.1) is 0 Å². The van der Waals surface area contributed by atoms with Crippen molar-refractivity contribution < 1.29 is 19.4 Å². The Morgan fingerprint density at radius 2 is 2.00 bits per heavy atom. The topological polar surface area (TPSA) is 144 Å². The third-order valence-corrected chi connectivity index (χ3v) is 4.10. The van der Waals surface area contributed by atoms with Crippen molar-refractivity contribution >= 4 is 40.5 Å². The van der Waals surface area contributed by atoms with Crippen LogP contribution in [-0.4, -0.2) is 49.2 Å². The molecule has 9 nitrogen and oxygen atoms in total. The molecule has 25 heavy (non-hydrogen) atoms. The highest BCUT2D eigenvalue weighted by molar-refractivity contribution is 7.99. The van der Waals surface area contributed by atoms with Crippen LogP contribution < -0.4 is 10.5 Å². The number of imidazole rings is 1. The fourth-order valence-corrected chi connectivity index (χ4v) is 2.65. The van der Waals surface area contributed by atoms with Gasteiger partial charge in [0, 0.05) is 0 Å². The Labute approximate surface area is 145 Å². The second-order valence-corrected chi connectivity index (χ2v) is 5.91. The van der Waals surface area contributed by atoms with E-state index in [9.17, 15) is 9.59 Å². The highest BCUT2D eigenvalue weighted by Crippen LogP contribution is 2.20. The molecule has 3 rings (SSSR count). The van der Waals surface area contributed by atoms with E-state index in [4.69, 9.17) is 15.6 Å². The van der Waals surface area contributed by atoms with Crippen LogP contribution in [0.1, 0.15) is 10.4 Å². The quantitative estimate of drug-likeness (QED) is 0.533. The summed E-state index contributed by atoms with van der Waals surface area (Å²) < 4.78 is 5.34. The molecule has 0 aliphatic heterocycles. The van der Waals surface area contributed by atoms with Crippen LogP contribution in [0.5, 0.6) is 5.75 Å². The number of nitrogens with one attached hydrogen (secondary N) is 1. The molecule has 0 aliphatic carbocycles. The summed E-state index contributed by atoms with van der Waals surface area (Å²) in [4.78, 5) is 37.7. The van der Waals surface area contributed by atoms with E-state index in [2.05, 4.69) is 19.9 Å². The van der Waals surface area contributed by atoms with Crippen LogP contribution in [0.3, 0.4) is 0 Å². The normalized spacial score (nSPS) is 10.7. The number of carboxylic acids is 1. The second kappa shape index (κ2) is 7.18. The Hall–Kier alpha value is -3.14. The Morgan fingerprint density at radius 1 is 1.24 bits per heavy atom. The molecule has 0 bridgehead atoms. The number of ether oxygens (including phenoxy) is 1. The number of fused-ring (bicyclic) bond motifs is 1. The average molecular weight is 359 g/mol. The minimum Gasteiger partial charge on any atom is -0.486 e. The number of hydrogen-bond donors (Lipinski definition) is 3. The van der Waals surface area contributed by atoms with Gasteiger partial charge in [-0.05, 0) is 24.3 Å². The maximum Gasteiger partial charge on any atom is 0.335 e. The number of hydrogen-bond acceptors (Lipinski definition) is 8. The number of anilines is 1. The van der Waals surface area contributed by atoms with Crippen LogP contribution in [0.2, 0.25) is 0 Å². The number of thioether (sulfide) groups is 1. The number of H-pyrrole nitrogens is 1. The standard InChI is InChI=1S/C15H13N5O4S/c16-12-11-13(18-7-17-12)20-15(19-11)25-6-9(21)5-24-10-3-1-8(2-4-10)14(22)23/h1-4,7H,5-6H2,(H,22,23)(H3,16,17,18,19,20). The molecular weight excluding hydrogens is 346 g/mol. The van der Waals surface area contributed by atoms with Gasteiger partial charge in [-0.1, -0.05) is 11.8 Å². The number of nitrogen functional groups attached to an aromatic ring is 1. The van der Waals surface area contributed by atoms with Gasteiger partial charge in [0.25, 0.3) is 0 Å². The predicted octanol–water partition coefficient (Wildman–Crippen LogP) is 1.37. The Kier molecular flexibility index (Phi) is 4.80. The highest BCUT2D eigenvalue weighted by atomic mass is 32.2. The maximum absolute atomic E-state index is 11.9. The molecule has 10 heteroatoms. The first kappa shape index (κ1) is 16.7. The lowest BCUT2D eigenvalue weighted by atomic mass is 10.2. The van der Waals surface area contributed by atoms with Gasteiger partial charge in [0.05, 0.1) is 11.3 Å². The molecule has 0 fully saturated rings. The van der Waals surface area contributed by atoms with Crippen molar-refractivity contribution in [2.24, 2.45) is 0 Å². The number of benzene rings is 1. The number of nitrogens with zero attached hydrogens (tertiary/aromatic N) is 3. The molecule has 0 aliphatic rings. The summed E-state index contributed by atoms with van der Waals surface area (Å²) in [5.41, 5.74) is 6.84. The zero-order valence-corrected chi connectivity index (χ0v) is 13.6. The van der Waals surface area contributed by atoms with Gasteiger partial charge < -0.3 is 20.6 Å². The fraction of sp³-hybridized carbons (Fsp3) is 0.133. The predicted molar refractivity (Wildman–Crippen MR) is 90.7 cm³/mol. The Morgan fingerprint density at radius 3 is 2.68 bits per heavy atom. The smallest absolute Gasteiger partial charge is 0.335 e. The Balaban J connectivity index is 1.52. The number of nitrogens with two attached hydrogens (primary N) is 1. The monoisotopic (exact) mass is 359 g/mol. The molecule has 0 atom stereocenters. The van der Waals surface area contributed by atoms with E-state index < -0.39 is 5.97 Å². The lowest BCUT2D eigenvalue weighted by Crippen LogP contribution is -2.13. The van der Waals surface area contributed by atoms with E-state index in [1.807, 2.05) is 0 Å². The van der Waals surface area contributed by atoms with Crippen molar-refractivity contribution in [3.8, 4) is 5.75 Å². The summed E-state index contributed by atoms with van der Waals surface area (Å²) in [6.07, 6.45) is 1.32. The third-order valence-electron chi connectivity index (χ3n) is 3.17. The molecule has 0 radical (unpaired) electrons. The van der Waals surface area contributed by atoms with Crippen molar-refractivity contribution in [1.29, 1.82) is 0 Å². The van der Waals surface area contributed by atoms with E-state index in [1.54, 1.807) is 0 Å². The fourth-order valence-electron chi connectivity index (χ4n) is 1.94. The first-order valence-electron chi connectivity index (χ1n) is 7.10. The van der Waals surface area contributed by atoms with Gasteiger partial charge >= 0.3 is 5.97 Å². The van der Waals surface area contributed by atoms with Gasteiger partial charge in [0.2, 0.25) is 0 Å². The number of carboxylic acid groups (broad SMARTS) is 1. The van der Waals surface area contributed by atoms with E-state index in [-0.39, 0.29) is 23.7 Å². The molecule has 0 spiro atoms. The molecule has 1 aromatic carbocycles. The summed E-state index contributed by atoms with van der Waals surface area (Å²) in [6, 6.07) is 5.84. The number of aromatic nitrogens is 4. The molecule has 3 aromatic rings. The lowest BCUT2D eigenvalue weighted by Gasteiger charge is -2.05. The van der Waals surface area contributed by atoms with Crippen molar-refractivity contribution in [2.45, 2.75) is 5.16 Å². The van der Waals surface area contributed by atoms with Gasteiger partial charge in [-0.15, -0.1) is 0 Å². The molecule has 2 aromatic heterocycles. The van der Waals surface area contributed by atoms with Crippen LogP contribution >= 0.6 is 11.8 Å². The minimum absolute atomic E-state index is 0.123. The number of carbonyl (C=O) groups is 2. The van der Waals surface area contributed by atoms with Crippen molar-refractivity contribution in [1.82, 2.24) is 19.9 Å². The molecule has 4 N–H and O–H groups in total. The van der Waals surface area contributed by atoms with Gasteiger partial charge in [0.15, 0.2) is 22.4 Å². The Bertz CT molecular complexity index is 925. The largest absolute Gasteiger partial charge is 0.486 e. The third kappa shape index (κ3) is 4.04. The second-order valence-electron chi connectivity index (χ2n) is 4.95. The summed E-state index contributed by atoms with van der Waals surface area (Å²) >= 11 is 1.21. The highest BCUT2D eigenvalue weighted by Gasteiger charge is 2.11. The number of carbonyl (C=O) groups excluding carboxylic acids is 1. The van der Waals surface area contributed by atoms with Gasteiger partial charge in [-0.25, -0.2) is 19.7 Å². The molecule has 0 unspecified atom stereocenters. The molecular formula is C15H13N5O4S. The van der Waals surface area contributed by atoms with Crippen LogP contribution in [-0.2, 0) is 4.79 Å². The summed E-state index contributed by atoms with van der Waals surface area (Å²) in [5, 5.41) is 9.33. The van der Waals surface area contributed by atoms with Crippen molar-refractivity contribution in [3.05, 3.63) is 36.2 Å². The SMILES string of the molecule is Nc1ncnc2nc(SCC(=O)COc3ccc(C(=O)O)cc3)[nH]c12. The number of Topliss-reactive ketones (excluding diaryl/α,β-unsaturated/α-hetero) is 1. The number of ketones is 1. The van der Waals surface area contributed by atoms with Gasteiger partial charge in [-0.2, -0.15) is 0 Å². The first-order chi connectivity index (χ1) is 12.0. The maximum atomic E-state index is 11.9. The molecule has 0 amide bonds. The number of aromatic carboxylic acids is 1. The zero-order valence-electron chi connectivity index (χ0n) is 12.8. The number of rotatable bonds is 7. The van der Waals surface area contributed by atoms with Crippen LogP contribution in [0.15, 0.2) is 35.7 Å². The lowest BCUT2D eigenvalue weighted by molar-refractivity contribution is -0.118. The van der Waals surface area contributed by atoms with E-state index in [0.29, 0.717) is 27.9 Å². The molecule has 128 valence electrons. The zero-order chi connectivity index (χ0) is 17.8. The van der Waals surface area contributed by atoms with E-state index in [1.165, 1.54) is 42.4 Å². The molecule has 0 saturated carbocycles.